The smallest absolute Gasteiger partial charge is 0.417 e. The molecular formula is C25H15F11N2O2. The molecule has 0 atom stereocenters. The van der Waals surface area contributed by atoms with Crippen molar-refractivity contribution in [2.45, 2.75) is 18.5 Å². The number of nitrogens with one attached hydrogen (secondary N) is 1. The number of methoxy groups -OCH3 is 1. The van der Waals surface area contributed by atoms with E-state index in [0.717, 1.165) is 25.3 Å². The lowest BCUT2D eigenvalue weighted by Gasteiger charge is -2.20. The Morgan fingerprint density at radius 1 is 0.825 bits per heavy atom. The van der Waals surface area contributed by atoms with Crippen LogP contribution in [0.25, 0.3) is 33.4 Å². The quantitative estimate of drug-likeness (QED) is 0.191. The number of halogens is 11. The number of benzene rings is 3. The Bertz CT molecular complexity index is 1600. The van der Waals surface area contributed by atoms with E-state index in [-0.39, 0.29) is 5.75 Å². The van der Waals surface area contributed by atoms with Gasteiger partial charge in [-0.1, -0.05) is 6.07 Å². The molecule has 4 nitrogen and oxygen atoms in total. The first-order valence-corrected chi connectivity index (χ1v) is 11.0. The lowest BCUT2D eigenvalue weighted by Crippen LogP contribution is -2.21. The van der Waals surface area contributed by atoms with Crippen molar-refractivity contribution in [3.63, 3.8) is 0 Å². The third kappa shape index (κ3) is 6.23. The summed E-state index contributed by atoms with van der Waals surface area (Å²) in [7, 11) is 1.10. The highest BCUT2D eigenvalue weighted by Gasteiger charge is 2.36. The summed E-state index contributed by atoms with van der Waals surface area (Å²) in [5, 5.41) is 0.564. The highest BCUT2D eigenvalue weighted by atomic mass is 19.4. The monoisotopic (exact) mass is 584 g/mol. The van der Waals surface area contributed by atoms with Crippen LogP contribution in [0, 0.1) is 11.6 Å². The molecule has 0 radical (unpaired) electrons. The van der Waals surface area contributed by atoms with Crippen LogP contribution in [0.15, 0.2) is 51.9 Å². The third-order valence-corrected chi connectivity index (χ3v) is 5.59. The molecule has 0 saturated heterocycles. The van der Waals surface area contributed by atoms with Gasteiger partial charge in [0, 0.05) is 28.6 Å². The van der Waals surface area contributed by atoms with Crippen molar-refractivity contribution >= 4 is 16.7 Å². The second kappa shape index (κ2) is 10.2. The summed E-state index contributed by atoms with van der Waals surface area (Å²) < 4.78 is 158. The topological polar surface area (TPSA) is 46.8 Å². The number of nitrogens with zero attached hydrogens (tertiary/aromatic N) is 1. The molecule has 40 heavy (non-hydrogen) atoms. The van der Waals surface area contributed by atoms with Crippen molar-refractivity contribution in [1.82, 2.24) is 0 Å². The number of anilines is 1. The molecular weight excluding hydrogens is 569 g/mol. The zero-order valence-corrected chi connectivity index (χ0v) is 19.9. The average molecular weight is 584 g/mol. The Morgan fingerprint density at radius 3 is 2.12 bits per heavy atom. The van der Waals surface area contributed by atoms with E-state index >= 15 is 0 Å². The van der Waals surface area contributed by atoms with Gasteiger partial charge in [-0.2, -0.15) is 39.5 Å². The fourth-order valence-corrected chi connectivity index (χ4v) is 3.94. The minimum atomic E-state index is -5.03. The number of hydrogen-bond acceptors (Lipinski definition) is 4. The zero-order valence-electron chi connectivity index (χ0n) is 19.9. The molecule has 0 unspecified atom stereocenters. The molecule has 0 fully saturated rings. The van der Waals surface area contributed by atoms with Crippen molar-refractivity contribution in [3.8, 4) is 28.2 Å². The van der Waals surface area contributed by atoms with E-state index in [2.05, 4.69) is 4.99 Å². The first-order valence-electron chi connectivity index (χ1n) is 11.0. The first kappa shape index (κ1) is 29.0. The summed E-state index contributed by atoms with van der Waals surface area (Å²) in [6, 6.07) is 5.33. The fraction of sp³-hybridized carbons (Fsp3) is 0.240. The van der Waals surface area contributed by atoms with Gasteiger partial charge in [-0.05, 0) is 29.8 Å². The molecule has 15 heteroatoms. The lowest BCUT2D eigenvalue weighted by atomic mass is 9.90. The number of fused-ring (bicyclic) bond motifs is 2. The number of rotatable bonds is 5. The molecule has 1 heterocycles. The lowest BCUT2D eigenvalue weighted by molar-refractivity contribution is -0.137. The van der Waals surface area contributed by atoms with Crippen LogP contribution < -0.4 is 15.4 Å². The van der Waals surface area contributed by atoms with Crippen molar-refractivity contribution in [2.75, 3.05) is 25.5 Å². The summed E-state index contributed by atoms with van der Waals surface area (Å²) in [5.74, 6) is -3.33. The largest absolute Gasteiger partial charge is 0.497 e. The molecule has 4 rings (SSSR count). The maximum Gasteiger partial charge on any atom is 0.417 e. The maximum absolute atomic E-state index is 14.9. The minimum Gasteiger partial charge on any atom is -0.497 e. The van der Waals surface area contributed by atoms with Gasteiger partial charge in [-0.3, -0.25) is 4.99 Å². The number of alkyl halides is 9. The molecule has 0 saturated carbocycles. The molecule has 214 valence electrons. The molecule has 2 aliphatic rings. The maximum atomic E-state index is 14.9. The van der Waals surface area contributed by atoms with E-state index in [4.69, 9.17) is 9.15 Å². The normalized spacial score (nSPS) is 13.3. The van der Waals surface area contributed by atoms with Crippen LogP contribution in [0.1, 0.15) is 5.56 Å². The van der Waals surface area contributed by atoms with Crippen molar-refractivity contribution in [2.24, 2.45) is 4.99 Å². The summed E-state index contributed by atoms with van der Waals surface area (Å²) in [5.41, 5.74) is -3.95. The second-order valence-electron chi connectivity index (χ2n) is 8.41. The van der Waals surface area contributed by atoms with Gasteiger partial charge in [0.2, 0.25) is 0 Å². The third-order valence-electron chi connectivity index (χ3n) is 5.59. The van der Waals surface area contributed by atoms with E-state index in [1.165, 1.54) is 0 Å². The van der Waals surface area contributed by atoms with Crippen LogP contribution in [0.2, 0.25) is 0 Å². The molecule has 1 aliphatic carbocycles. The Morgan fingerprint density at radius 2 is 1.52 bits per heavy atom. The van der Waals surface area contributed by atoms with Crippen molar-refractivity contribution in [1.29, 1.82) is 0 Å². The van der Waals surface area contributed by atoms with Crippen LogP contribution in [0.4, 0.5) is 54.0 Å². The summed E-state index contributed by atoms with van der Waals surface area (Å²) in [6.07, 6.45) is -14.6. The first-order chi connectivity index (χ1) is 18.5. The highest BCUT2D eigenvalue weighted by molar-refractivity contribution is 6.03. The molecule has 0 bridgehead atoms. The van der Waals surface area contributed by atoms with Gasteiger partial charge >= 0.3 is 18.5 Å². The van der Waals surface area contributed by atoms with Gasteiger partial charge in [0.25, 0.3) is 0 Å². The Hall–Kier alpha value is -4.04. The summed E-state index contributed by atoms with van der Waals surface area (Å²) >= 11 is 0. The van der Waals surface area contributed by atoms with Gasteiger partial charge in [0.05, 0.1) is 23.7 Å². The Kier molecular flexibility index (Phi) is 7.36. The predicted octanol–water partition coefficient (Wildman–Crippen LogP) is 7.95. The van der Waals surface area contributed by atoms with Gasteiger partial charge in [0.15, 0.2) is 0 Å². The molecule has 1 N–H and O–H groups in total. The second-order valence-corrected chi connectivity index (χ2v) is 8.41. The molecule has 0 amide bonds. The van der Waals surface area contributed by atoms with Crippen LogP contribution in [0.3, 0.4) is 0 Å². The van der Waals surface area contributed by atoms with Gasteiger partial charge in [-0.15, -0.1) is 0 Å². The Balaban J connectivity index is 2.10. The standard InChI is InChI=1S/C25H15F11N2O2/c1-39-11-2-3-12(15(4-11)25(34,35)36)22-13-5-16(26)18(37-9-23(28,29)30)7-20(13)40-21-8-19(17(27)6-14(21)22)38-10-24(31,32)33/h2-8,37H,9-10H2,1H3/b38-19-. The van der Waals surface area contributed by atoms with E-state index < -0.39 is 93.3 Å². The molecule has 2 aromatic rings. The van der Waals surface area contributed by atoms with E-state index in [9.17, 15) is 48.3 Å². The summed E-state index contributed by atoms with van der Waals surface area (Å²) in [4.78, 5) is 3.12. The SMILES string of the molecule is COc1ccc(-c2c3cc(F)/c(=N\CC(F)(F)F)cc-3oc3cc(NCC(F)(F)F)c(F)cc23)c(C(F)(F)F)c1. The van der Waals surface area contributed by atoms with E-state index in [1.807, 2.05) is 0 Å². The predicted molar refractivity (Wildman–Crippen MR) is 121 cm³/mol. The minimum absolute atomic E-state index is 0.213. The van der Waals surface area contributed by atoms with E-state index in [0.29, 0.717) is 24.3 Å². The number of ether oxygens (including phenoxy) is 1. The average Bonchev–Trinajstić information content (AvgIpc) is 2.83. The van der Waals surface area contributed by atoms with Crippen molar-refractivity contribution in [3.05, 3.63) is 65.0 Å². The van der Waals surface area contributed by atoms with Gasteiger partial charge < -0.3 is 14.5 Å². The highest BCUT2D eigenvalue weighted by Crippen LogP contribution is 2.47. The molecule has 0 spiro atoms. The zero-order chi connectivity index (χ0) is 29.6. The van der Waals surface area contributed by atoms with Crippen LogP contribution in [-0.2, 0) is 6.18 Å². The van der Waals surface area contributed by atoms with Crippen LogP contribution in [0.5, 0.6) is 5.75 Å². The van der Waals surface area contributed by atoms with Crippen LogP contribution in [-0.4, -0.2) is 32.6 Å². The Labute approximate surface area is 217 Å². The van der Waals surface area contributed by atoms with Crippen molar-refractivity contribution < 1.29 is 57.4 Å². The van der Waals surface area contributed by atoms with Gasteiger partial charge in [0.1, 0.15) is 41.8 Å². The van der Waals surface area contributed by atoms with Crippen LogP contribution >= 0.6 is 0 Å². The molecule has 2 aromatic carbocycles. The number of hydrogen-bond donors (Lipinski definition) is 1. The van der Waals surface area contributed by atoms with Gasteiger partial charge in [-0.25, -0.2) is 8.78 Å². The molecule has 1 aliphatic heterocycles. The molecule has 0 aromatic heterocycles. The fourth-order valence-electron chi connectivity index (χ4n) is 3.94. The van der Waals surface area contributed by atoms with E-state index in [1.54, 1.807) is 5.32 Å². The summed E-state index contributed by atoms with van der Waals surface area (Å²) in [6.45, 7) is -3.46.